The molecule has 1 atom stereocenters. The number of hydrogen-bond donors (Lipinski definition) is 1. The molecule has 78 valence electrons. The number of carbonyl (C=O) groups is 1. The smallest absolute Gasteiger partial charge is 0.146 e. The summed E-state index contributed by atoms with van der Waals surface area (Å²) in [6, 6.07) is 7.75. The van der Waals surface area contributed by atoms with Crippen LogP contribution in [-0.4, -0.2) is 24.3 Å². The van der Waals surface area contributed by atoms with E-state index in [9.17, 15) is 4.79 Å². The Balaban J connectivity index is 2.37. The largest absolute Gasteiger partial charge is 0.363 e. The molecule has 1 aromatic carbocycles. The second kappa shape index (κ2) is 4.28. The topological polar surface area (TPSA) is 46.3 Å². The van der Waals surface area contributed by atoms with Crippen LogP contribution in [-0.2, 0) is 4.79 Å². The lowest BCUT2D eigenvalue weighted by molar-refractivity contribution is -0.111. The molecule has 3 heteroatoms. The summed E-state index contributed by atoms with van der Waals surface area (Å²) in [6.45, 7) is 1.26. The van der Waals surface area contributed by atoms with E-state index in [4.69, 9.17) is 5.73 Å². The molecule has 0 saturated carbocycles. The first kappa shape index (κ1) is 9.93. The summed E-state index contributed by atoms with van der Waals surface area (Å²) in [5, 5.41) is 0. The molecule has 0 radical (unpaired) electrons. The normalized spacial score (nSPS) is 18.7. The molecule has 3 nitrogen and oxygen atoms in total. The fourth-order valence-corrected chi connectivity index (χ4v) is 1.89. The van der Waals surface area contributed by atoms with E-state index < -0.39 is 0 Å². The van der Waals surface area contributed by atoms with Crippen LogP contribution in [0.1, 0.15) is 17.2 Å². The monoisotopic (exact) mass is 202 g/mol. The minimum Gasteiger partial charge on any atom is -0.363 e. The van der Waals surface area contributed by atoms with E-state index in [2.05, 4.69) is 0 Å². The average Bonchev–Trinajstić information content (AvgIpc) is 2.29. The number of hydrogen-bond acceptors (Lipinski definition) is 3. The lowest BCUT2D eigenvalue weighted by Crippen LogP contribution is -2.31. The van der Waals surface area contributed by atoms with E-state index in [0.717, 1.165) is 17.4 Å². The third-order valence-electron chi connectivity index (χ3n) is 2.63. The Morgan fingerprint density at radius 1 is 1.40 bits per heavy atom. The lowest BCUT2D eigenvalue weighted by Gasteiger charge is -2.30. The molecular weight excluding hydrogens is 188 g/mol. The Labute approximate surface area is 89.2 Å². The second-order valence-electron chi connectivity index (χ2n) is 3.55. The highest BCUT2D eigenvalue weighted by molar-refractivity contribution is 5.69. The molecular formula is C12H14N2O. The maximum Gasteiger partial charge on any atom is 0.146 e. The number of aldehydes is 1. The number of rotatable bonds is 3. The van der Waals surface area contributed by atoms with Gasteiger partial charge in [0, 0.05) is 19.3 Å². The number of nitrogens with two attached hydrogens (primary N) is 1. The molecule has 1 aliphatic heterocycles. The van der Waals surface area contributed by atoms with Crippen LogP contribution in [0, 0.1) is 0 Å². The first-order valence-corrected chi connectivity index (χ1v) is 5.05. The highest BCUT2D eigenvalue weighted by Gasteiger charge is 2.21. The van der Waals surface area contributed by atoms with E-state index in [1.54, 1.807) is 0 Å². The Bertz CT molecular complexity index is 387. The van der Waals surface area contributed by atoms with Crippen molar-refractivity contribution in [3.05, 3.63) is 41.6 Å². The molecule has 0 spiro atoms. The molecule has 0 saturated heterocycles. The van der Waals surface area contributed by atoms with Crippen molar-refractivity contribution in [1.82, 2.24) is 4.90 Å². The van der Waals surface area contributed by atoms with Crippen molar-refractivity contribution in [1.29, 1.82) is 0 Å². The highest BCUT2D eigenvalue weighted by atomic mass is 16.1. The summed E-state index contributed by atoms with van der Waals surface area (Å²) in [5.74, 6) is 0. The number of nitrogens with zero attached hydrogens (tertiary/aromatic N) is 1. The van der Waals surface area contributed by atoms with Gasteiger partial charge in [0.15, 0.2) is 0 Å². The predicted octanol–water partition coefficient (Wildman–Crippen LogP) is 1.17. The molecule has 0 fully saturated rings. The summed E-state index contributed by atoms with van der Waals surface area (Å²) >= 11 is 0. The summed E-state index contributed by atoms with van der Waals surface area (Å²) in [5.41, 5.74) is 7.68. The van der Waals surface area contributed by atoms with Crippen LogP contribution in [0.4, 0.5) is 0 Å². The minimum atomic E-state index is -0.185. The molecule has 1 aliphatic rings. The van der Waals surface area contributed by atoms with Crippen molar-refractivity contribution in [2.45, 2.75) is 6.04 Å². The van der Waals surface area contributed by atoms with Gasteiger partial charge in [-0.15, -0.1) is 0 Å². The van der Waals surface area contributed by atoms with E-state index in [1.165, 1.54) is 0 Å². The Hall–Kier alpha value is -1.61. The van der Waals surface area contributed by atoms with Crippen LogP contribution in [0.25, 0.3) is 6.08 Å². The van der Waals surface area contributed by atoms with Gasteiger partial charge < -0.3 is 15.4 Å². The Kier molecular flexibility index (Phi) is 2.83. The van der Waals surface area contributed by atoms with Crippen molar-refractivity contribution in [2.24, 2.45) is 5.73 Å². The number of carbonyl (C=O) groups excluding carboxylic acids is 1. The number of fused-ring (bicyclic) bond motifs is 1. The molecule has 1 unspecified atom stereocenters. The van der Waals surface area contributed by atoms with Crippen molar-refractivity contribution in [3.8, 4) is 0 Å². The predicted molar refractivity (Wildman–Crippen MR) is 60.0 cm³/mol. The van der Waals surface area contributed by atoms with E-state index in [1.807, 2.05) is 41.4 Å². The van der Waals surface area contributed by atoms with Crippen LogP contribution in [0.15, 0.2) is 30.5 Å². The van der Waals surface area contributed by atoms with Crippen molar-refractivity contribution < 1.29 is 4.79 Å². The van der Waals surface area contributed by atoms with Crippen molar-refractivity contribution >= 4 is 12.4 Å². The van der Waals surface area contributed by atoms with Crippen LogP contribution >= 0.6 is 0 Å². The standard InChI is InChI=1S/C12H14N2O/c13-6-8-14-7-5-10-3-1-2-4-11(10)12(14)9-15/h1-5,7,9,12H,6,8,13H2. The van der Waals surface area contributed by atoms with Crippen LogP contribution in [0.2, 0.25) is 0 Å². The molecule has 1 heterocycles. The highest BCUT2D eigenvalue weighted by Crippen LogP contribution is 2.27. The van der Waals surface area contributed by atoms with Gasteiger partial charge in [-0.25, -0.2) is 0 Å². The molecule has 2 N–H and O–H groups in total. The van der Waals surface area contributed by atoms with Gasteiger partial charge in [-0.1, -0.05) is 24.3 Å². The zero-order chi connectivity index (χ0) is 10.7. The minimum absolute atomic E-state index is 0.185. The van der Waals surface area contributed by atoms with Crippen LogP contribution in [0.3, 0.4) is 0 Å². The SMILES string of the molecule is NCCN1C=Cc2ccccc2C1C=O. The maximum absolute atomic E-state index is 11.1. The van der Waals surface area contributed by atoms with Gasteiger partial charge in [0.1, 0.15) is 12.3 Å². The van der Waals surface area contributed by atoms with Crippen molar-refractivity contribution in [3.63, 3.8) is 0 Å². The molecule has 0 aliphatic carbocycles. The molecule has 0 amide bonds. The molecule has 1 aromatic rings. The molecule has 15 heavy (non-hydrogen) atoms. The number of benzene rings is 1. The van der Waals surface area contributed by atoms with E-state index in [-0.39, 0.29) is 6.04 Å². The summed E-state index contributed by atoms with van der Waals surface area (Å²) in [6.07, 6.45) is 4.93. The first-order chi connectivity index (χ1) is 7.36. The average molecular weight is 202 g/mol. The molecule has 2 rings (SSSR count). The Morgan fingerprint density at radius 3 is 2.93 bits per heavy atom. The fourth-order valence-electron chi connectivity index (χ4n) is 1.89. The van der Waals surface area contributed by atoms with Gasteiger partial charge in [-0.3, -0.25) is 0 Å². The summed E-state index contributed by atoms with van der Waals surface area (Å²) in [4.78, 5) is 13.1. The van der Waals surface area contributed by atoms with E-state index in [0.29, 0.717) is 13.1 Å². The Morgan fingerprint density at radius 2 is 2.20 bits per heavy atom. The van der Waals surface area contributed by atoms with Gasteiger partial charge in [0.2, 0.25) is 0 Å². The van der Waals surface area contributed by atoms with Gasteiger partial charge in [0.05, 0.1) is 0 Å². The van der Waals surface area contributed by atoms with E-state index >= 15 is 0 Å². The summed E-state index contributed by atoms with van der Waals surface area (Å²) < 4.78 is 0. The fraction of sp³-hybridized carbons (Fsp3) is 0.250. The molecule has 0 aromatic heterocycles. The first-order valence-electron chi connectivity index (χ1n) is 5.05. The zero-order valence-corrected chi connectivity index (χ0v) is 8.47. The maximum atomic E-state index is 11.1. The van der Waals surface area contributed by atoms with Crippen LogP contribution < -0.4 is 5.73 Å². The van der Waals surface area contributed by atoms with Gasteiger partial charge >= 0.3 is 0 Å². The third kappa shape index (κ3) is 1.78. The zero-order valence-electron chi connectivity index (χ0n) is 8.47. The lowest BCUT2D eigenvalue weighted by atomic mass is 9.97. The van der Waals surface area contributed by atoms with Crippen molar-refractivity contribution in [2.75, 3.05) is 13.1 Å². The van der Waals surface area contributed by atoms with Gasteiger partial charge in [0.25, 0.3) is 0 Å². The second-order valence-corrected chi connectivity index (χ2v) is 3.55. The summed E-state index contributed by atoms with van der Waals surface area (Å²) in [7, 11) is 0. The van der Waals surface area contributed by atoms with Gasteiger partial charge in [-0.2, -0.15) is 0 Å². The quantitative estimate of drug-likeness (QED) is 0.748. The molecule has 0 bridgehead atoms. The third-order valence-corrected chi connectivity index (χ3v) is 2.63. The van der Waals surface area contributed by atoms with Gasteiger partial charge in [-0.05, 0) is 17.2 Å². The van der Waals surface area contributed by atoms with Crippen LogP contribution in [0.5, 0.6) is 0 Å².